The van der Waals surface area contributed by atoms with E-state index in [2.05, 4.69) is 10.6 Å². The molecule has 0 radical (unpaired) electrons. The summed E-state index contributed by atoms with van der Waals surface area (Å²) in [5, 5.41) is 6.30. The van der Waals surface area contributed by atoms with Crippen LogP contribution in [-0.2, 0) is 6.54 Å². The highest BCUT2D eigenvalue weighted by Crippen LogP contribution is 2.23. The van der Waals surface area contributed by atoms with E-state index in [1.54, 1.807) is 36.4 Å². The Morgan fingerprint density at radius 1 is 0.857 bits per heavy atom. The highest BCUT2D eigenvalue weighted by atomic mass is 35.5. The number of rotatable bonds is 5. The van der Waals surface area contributed by atoms with Gasteiger partial charge in [-0.05, 0) is 42.8 Å². The summed E-state index contributed by atoms with van der Waals surface area (Å²) in [6, 6.07) is 19.4. The summed E-state index contributed by atoms with van der Waals surface area (Å²) in [4.78, 5) is 25.2. The molecular formula is C22H18Cl2N2O2. The van der Waals surface area contributed by atoms with Crippen LogP contribution in [0.1, 0.15) is 31.8 Å². The fraction of sp³-hybridized carbons (Fsp3) is 0.0909. The van der Waals surface area contributed by atoms with Crippen LogP contribution in [0.2, 0.25) is 10.0 Å². The van der Waals surface area contributed by atoms with Gasteiger partial charge in [-0.1, -0.05) is 65.2 Å². The number of para-hydroxylation sites is 1. The van der Waals surface area contributed by atoms with Crippen LogP contribution in [0.3, 0.4) is 0 Å². The predicted octanol–water partition coefficient (Wildman–Crippen LogP) is 5.48. The van der Waals surface area contributed by atoms with Gasteiger partial charge >= 0.3 is 0 Å². The van der Waals surface area contributed by atoms with E-state index < -0.39 is 0 Å². The molecule has 0 spiro atoms. The van der Waals surface area contributed by atoms with Gasteiger partial charge in [0.15, 0.2) is 0 Å². The van der Waals surface area contributed by atoms with Crippen molar-refractivity contribution < 1.29 is 9.59 Å². The van der Waals surface area contributed by atoms with Crippen LogP contribution in [0.4, 0.5) is 5.69 Å². The minimum atomic E-state index is -0.377. The average Bonchev–Trinajstić information content (AvgIpc) is 2.68. The summed E-state index contributed by atoms with van der Waals surface area (Å²) in [5.41, 5.74) is 3.28. The monoisotopic (exact) mass is 412 g/mol. The lowest BCUT2D eigenvalue weighted by Gasteiger charge is -2.12. The van der Waals surface area contributed by atoms with Gasteiger partial charge in [0.2, 0.25) is 0 Å². The zero-order chi connectivity index (χ0) is 20.1. The van der Waals surface area contributed by atoms with E-state index in [1.165, 1.54) is 6.07 Å². The lowest BCUT2D eigenvalue weighted by atomic mass is 10.1. The first-order chi connectivity index (χ1) is 13.4. The molecule has 0 aliphatic carbocycles. The van der Waals surface area contributed by atoms with Crippen LogP contribution in [0.5, 0.6) is 0 Å². The first-order valence-corrected chi connectivity index (χ1v) is 9.39. The zero-order valence-corrected chi connectivity index (χ0v) is 16.6. The average molecular weight is 413 g/mol. The second-order valence-electron chi connectivity index (χ2n) is 6.30. The number of hydrogen-bond acceptors (Lipinski definition) is 2. The van der Waals surface area contributed by atoms with Crippen LogP contribution in [-0.4, -0.2) is 11.8 Å². The minimum absolute atomic E-state index is 0.272. The molecule has 28 heavy (non-hydrogen) atoms. The van der Waals surface area contributed by atoms with Gasteiger partial charge in [0.25, 0.3) is 11.8 Å². The Kier molecular flexibility index (Phi) is 6.34. The molecule has 2 N–H and O–H groups in total. The molecule has 0 aromatic heterocycles. The third kappa shape index (κ3) is 4.91. The molecular weight excluding hydrogens is 395 g/mol. The SMILES string of the molecule is Cc1cccc(CNC(=O)c2ccccc2NC(=O)c2ccc(Cl)c(Cl)c2)c1. The lowest BCUT2D eigenvalue weighted by Crippen LogP contribution is -2.25. The topological polar surface area (TPSA) is 58.2 Å². The number of aryl methyl sites for hydroxylation is 1. The standard InChI is InChI=1S/C22H18Cl2N2O2/c1-14-5-4-6-15(11-14)13-25-22(28)17-7-2-3-8-20(17)26-21(27)16-9-10-18(23)19(24)12-16/h2-12H,13H2,1H3,(H,25,28)(H,26,27). The molecule has 3 aromatic rings. The van der Waals surface area contributed by atoms with Crippen LogP contribution < -0.4 is 10.6 Å². The van der Waals surface area contributed by atoms with E-state index in [4.69, 9.17) is 23.2 Å². The van der Waals surface area contributed by atoms with Gasteiger partial charge in [-0.25, -0.2) is 0 Å². The van der Waals surface area contributed by atoms with Crippen LogP contribution in [0.25, 0.3) is 0 Å². The van der Waals surface area contributed by atoms with Crippen molar-refractivity contribution in [3.8, 4) is 0 Å². The second-order valence-corrected chi connectivity index (χ2v) is 7.11. The van der Waals surface area contributed by atoms with Gasteiger partial charge in [-0.15, -0.1) is 0 Å². The first-order valence-electron chi connectivity index (χ1n) is 8.63. The Labute approximate surface area is 173 Å². The summed E-state index contributed by atoms with van der Waals surface area (Å²) in [6.07, 6.45) is 0. The maximum absolute atomic E-state index is 12.6. The molecule has 0 bridgehead atoms. The van der Waals surface area contributed by atoms with E-state index in [9.17, 15) is 9.59 Å². The molecule has 0 unspecified atom stereocenters. The molecule has 0 heterocycles. The van der Waals surface area contributed by atoms with Crippen molar-refractivity contribution in [2.45, 2.75) is 13.5 Å². The summed E-state index contributed by atoms with van der Waals surface area (Å²) in [5.74, 6) is -0.649. The number of carbonyl (C=O) groups is 2. The van der Waals surface area contributed by atoms with Crippen LogP contribution in [0, 0.1) is 6.92 Å². The van der Waals surface area contributed by atoms with Crippen LogP contribution in [0.15, 0.2) is 66.7 Å². The molecule has 0 aliphatic heterocycles. The van der Waals surface area contributed by atoms with E-state index in [-0.39, 0.29) is 11.8 Å². The summed E-state index contributed by atoms with van der Waals surface area (Å²) in [6.45, 7) is 2.40. The number of nitrogens with one attached hydrogen (secondary N) is 2. The molecule has 4 nitrogen and oxygen atoms in total. The van der Waals surface area contributed by atoms with Gasteiger partial charge in [0.05, 0.1) is 21.3 Å². The van der Waals surface area contributed by atoms with Gasteiger partial charge < -0.3 is 10.6 Å². The number of halogens is 2. The quantitative estimate of drug-likeness (QED) is 0.582. The third-order valence-electron chi connectivity index (χ3n) is 4.14. The number of carbonyl (C=O) groups excluding carboxylic acids is 2. The second kappa shape index (κ2) is 8.91. The van der Waals surface area contributed by atoms with E-state index in [1.807, 2.05) is 31.2 Å². The molecule has 0 saturated carbocycles. The molecule has 3 rings (SSSR count). The molecule has 0 aliphatic rings. The van der Waals surface area contributed by atoms with Crippen molar-refractivity contribution in [1.29, 1.82) is 0 Å². The molecule has 3 aromatic carbocycles. The zero-order valence-electron chi connectivity index (χ0n) is 15.1. The van der Waals surface area contributed by atoms with Crippen molar-refractivity contribution in [2.75, 3.05) is 5.32 Å². The van der Waals surface area contributed by atoms with Gasteiger partial charge in [-0.2, -0.15) is 0 Å². The number of amides is 2. The van der Waals surface area contributed by atoms with E-state index >= 15 is 0 Å². The van der Waals surface area contributed by atoms with Gasteiger partial charge in [-0.3, -0.25) is 9.59 Å². The Hall–Kier alpha value is -2.82. The fourth-order valence-electron chi connectivity index (χ4n) is 2.72. The highest BCUT2D eigenvalue weighted by molar-refractivity contribution is 6.42. The molecule has 142 valence electrons. The lowest BCUT2D eigenvalue weighted by molar-refractivity contribution is 0.0952. The number of hydrogen-bond donors (Lipinski definition) is 2. The summed E-state index contributed by atoms with van der Waals surface area (Å²) >= 11 is 11.9. The largest absolute Gasteiger partial charge is 0.348 e. The van der Waals surface area contributed by atoms with Crippen molar-refractivity contribution in [3.05, 3.63) is 99.0 Å². The Morgan fingerprint density at radius 2 is 1.64 bits per heavy atom. The Morgan fingerprint density at radius 3 is 2.39 bits per heavy atom. The molecule has 0 atom stereocenters. The smallest absolute Gasteiger partial charge is 0.255 e. The first kappa shape index (κ1) is 19.9. The molecule has 2 amide bonds. The molecule has 0 saturated heterocycles. The van der Waals surface area contributed by atoms with E-state index in [0.29, 0.717) is 33.4 Å². The summed E-state index contributed by atoms with van der Waals surface area (Å²) in [7, 11) is 0. The molecule has 0 fully saturated rings. The van der Waals surface area contributed by atoms with Crippen molar-refractivity contribution in [3.63, 3.8) is 0 Å². The number of benzene rings is 3. The van der Waals surface area contributed by atoms with Crippen molar-refractivity contribution in [2.24, 2.45) is 0 Å². The minimum Gasteiger partial charge on any atom is -0.348 e. The van der Waals surface area contributed by atoms with Gasteiger partial charge in [0, 0.05) is 12.1 Å². The van der Waals surface area contributed by atoms with Crippen molar-refractivity contribution >= 4 is 40.7 Å². The summed E-state index contributed by atoms with van der Waals surface area (Å²) < 4.78 is 0. The fourth-order valence-corrected chi connectivity index (χ4v) is 3.02. The Bertz CT molecular complexity index is 1030. The number of anilines is 1. The molecule has 6 heteroatoms. The van der Waals surface area contributed by atoms with Crippen molar-refractivity contribution in [1.82, 2.24) is 5.32 Å². The normalized spacial score (nSPS) is 10.4. The maximum Gasteiger partial charge on any atom is 0.255 e. The predicted molar refractivity (Wildman–Crippen MR) is 113 cm³/mol. The maximum atomic E-state index is 12.6. The van der Waals surface area contributed by atoms with Gasteiger partial charge in [0.1, 0.15) is 0 Å². The third-order valence-corrected chi connectivity index (χ3v) is 4.88. The van der Waals surface area contributed by atoms with Crippen LogP contribution >= 0.6 is 23.2 Å². The Balaban J connectivity index is 1.74. The highest BCUT2D eigenvalue weighted by Gasteiger charge is 2.14. The van der Waals surface area contributed by atoms with E-state index in [0.717, 1.165) is 11.1 Å².